The van der Waals surface area contributed by atoms with Crippen molar-refractivity contribution in [2.24, 2.45) is 11.3 Å². The van der Waals surface area contributed by atoms with E-state index in [1.807, 2.05) is 0 Å². The maximum atomic E-state index is 13.1. The van der Waals surface area contributed by atoms with Gasteiger partial charge in [-0.25, -0.2) is 4.79 Å². The van der Waals surface area contributed by atoms with Gasteiger partial charge in [0.2, 0.25) is 0 Å². The summed E-state index contributed by atoms with van der Waals surface area (Å²) in [6.45, 7) is 6.63. The first-order valence-electron chi connectivity index (χ1n) is 9.01. The van der Waals surface area contributed by atoms with Crippen LogP contribution in [0, 0.1) is 11.3 Å². The number of carbonyl (C=O) groups is 2. The number of rotatable bonds is 2. The number of hydrogen-bond acceptors (Lipinski definition) is 3. The van der Waals surface area contributed by atoms with Crippen molar-refractivity contribution in [1.82, 2.24) is 10.2 Å². The van der Waals surface area contributed by atoms with E-state index in [-0.39, 0.29) is 23.9 Å². The lowest BCUT2D eigenvalue weighted by Crippen LogP contribution is -2.54. The third-order valence-electron chi connectivity index (χ3n) is 5.86. The molecule has 3 fully saturated rings. The van der Waals surface area contributed by atoms with Gasteiger partial charge in [-0.05, 0) is 43.4 Å². The average molecular weight is 322 g/mol. The number of nitrogens with one attached hydrogen (secondary N) is 1. The molecule has 0 radical (unpaired) electrons. The number of aliphatic hydroxyl groups is 1. The molecular weight excluding hydrogens is 292 g/mol. The van der Waals surface area contributed by atoms with Gasteiger partial charge in [-0.15, -0.1) is 0 Å². The minimum atomic E-state index is -0.896. The lowest BCUT2D eigenvalue weighted by atomic mass is 9.64. The molecule has 130 valence electrons. The summed E-state index contributed by atoms with van der Waals surface area (Å²) in [4.78, 5) is 26.8. The van der Waals surface area contributed by atoms with Crippen molar-refractivity contribution in [1.29, 1.82) is 0 Å². The van der Waals surface area contributed by atoms with E-state index >= 15 is 0 Å². The Balaban J connectivity index is 1.79. The molecule has 0 bridgehead atoms. The molecule has 0 unspecified atom stereocenters. The normalized spacial score (nSPS) is 36.3. The van der Waals surface area contributed by atoms with Gasteiger partial charge in [-0.2, -0.15) is 0 Å². The summed E-state index contributed by atoms with van der Waals surface area (Å²) >= 11 is 0. The Hall–Kier alpha value is -1.10. The van der Waals surface area contributed by atoms with E-state index in [0.29, 0.717) is 31.6 Å². The van der Waals surface area contributed by atoms with E-state index in [0.717, 1.165) is 25.7 Å². The third-order valence-corrected chi connectivity index (χ3v) is 5.86. The standard InChI is InChI=1S/C18H30N2O3/c1-13-9-16(2,3)11-18(10-13)14(21)20(15(22)19-18)12-17(23)7-5-4-6-8-17/h13,23H,4-12H2,1-3H3,(H,19,22)/t13-,18-/m0/s1. The van der Waals surface area contributed by atoms with Crippen LogP contribution >= 0.6 is 0 Å². The lowest BCUT2D eigenvalue weighted by molar-refractivity contribution is -0.137. The molecule has 2 saturated carbocycles. The summed E-state index contributed by atoms with van der Waals surface area (Å²) in [5, 5.41) is 13.7. The molecule has 0 aromatic carbocycles. The second-order valence-corrected chi connectivity index (χ2v) is 9.04. The summed E-state index contributed by atoms with van der Waals surface area (Å²) in [7, 11) is 0. The molecule has 3 rings (SSSR count). The number of amides is 3. The summed E-state index contributed by atoms with van der Waals surface area (Å²) in [5.41, 5.74) is -1.62. The van der Waals surface area contributed by atoms with E-state index in [2.05, 4.69) is 26.1 Å². The van der Waals surface area contributed by atoms with Gasteiger partial charge in [0.15, 0.2) is 0 Å². The highest BCUT2D eigenvalue weighted by Gasteiger charge is 2.57. The molecule has 3 amide bonds. The van der Waals surface area contributed by atoms with Crippen molar-refractivity contribution < 1.29 is 14.7 Å². The monoisotopic (exact) mass is 322 g/mol. The highest BCUT2D eigenvalue weighted by atomic mass is 16.3. The van der Waals surface area contributed by atoms with Crippen LogP contribution in [0.5, 0.6) is 0 Å². The minimum absolute atomic E-state index is 0.0400. The largest absolute Gasteiger partial charge is 0.388 e. The fraction of sp³-hybridized carbons (Fsp3) is 0.889. The predicted molar refractivity (Wildman–Crippen MR) is 87.8 cm³/mol. The first kappa shape index (κ1) is 16.7. The Morgan fingerprint density at radius 1 is 1.17 bits per heavy atom. The van der Waals surface area contributed by atoms with Crippen LogP contribution in [0.4, 0.5) is 4.79 Å². The number of hydrogen-bond donors (Lipinski definition) is 2. The third kappa shape index (κ3) is 3.12. The predicted octanol–water partition coefficient (Wildman–Crippen LogP) is 2.82. The Labute approximate surface area is 138 Å². The fourth-order valence-corrected chi connectivity index (χ4v) is 5.31. The van der Waals surface area contributed by atoms with Crippen LogP contribution in [-0.2, 0) is 4.79 Å². The van der Waals surface area contributed by atoms with Crippen molar-refractivity contribution >= 4 is 11.9 Å². The molecule has 23 heavy (non-hydrogen) atoms. The first-order valence-corrected chi connectivity index (χ1v) is 9.01. The molecule has 1 aliphatic heterocycles. The number of nitrogens with zero attached hydrogens (tertiary/aromatic N) is 1. The molecule has 5 nitrogen and oxygen atoms in total. The van der Waals surface area contributed by atoms with Crippen molar-refractivity contribution in [3.63, 3.8) is 0 Å². The second kappa shape index (κ2) is 5.47. The molecular formula is C18H30N2O3. The zero-order valence-corrected chi connectivity index (χ0v) is 14.7. The van der Waals surface area contributed by atoms with Crippen molar-refractivity contribution in [3.8, 4) is 0 Å². The van der Waals surface area contributed by atoms with Crippen LogP contribution in [0.25, 0.3) is 0 Å². The zero-order chi connectivity index (χ0) is 16.9. The van der Waals surface area contributed by atoms with Crippen LogP contribution < -0.4 is 5.32 Å². The van der Waals surface area contributed by atoms with E-state index in [4.69, 9.17) is 0 Å². The summed E-state index contributed by atoms with van der Waals surface area (Å²) in [6.07, 6.45) is 6.88. The van der Waals surface area contributed by atoms with Crippen LogP contribution in [-0.4, -0.2) is 39.6 Å². The van der Waals surface area contributed by atoms with Crippen LogP contribution in [0.2, 0.25) is 0 Å². The van der Waals surface area contributed by atoms with Crippen LogP contribution in [0.15, 0.2) is 0 Å². The highest BCUT2D eigenvalue weighted by molar-refractivity contribution is 6.07. The SMILES string of the molecule is C[C@H]1CC(C)(C)C[C@]2(C1)NC(=O)N(CC1(O)CCCCC1)C2=O. The molecule has 3 aliphatic rings. The zero-order valence-electron chi connectivity index (χ0n) is 14.7. The molecule has 2 aliphatic carbocycles. The lowest BCUT2D eigenvalue weighted by Gasteiger charge is -2.44. The van der Waals surface area contributed by atoms with Crippen LogP contribution in [0.1, 0.15) is 72.1 Å². The maximum absolute atomic E-state index is 13.1. The Morgan fingerprint density at radius 3 is 2.43 bits per heavy atom. The number of urea groups is 1. The van der Waals surface area contributed by atoms with Gasteiger partial charge in [-0.1, -0.05) is 40.0 Å². The van der Waals surface area contributed by atoms with Gasteiger partial charge < -0.3 is 10.4 Å². The van der Waals surface area contributed by atoms with Crippen LogP contribution in [0.3, 0.4) is 0 Å². The fourth-order valence-electron chi connectivity index (χ4n) is 5.31. The second-order valence-electron chi connectivity index (χ2n) is 9.04. The number of β-amino-alcohol motifs (C(OH)–C–C–N with tert-alkyl or cyclic N) is 1. The van der Waals surface area contributed by atoms with Crippen molar-refractivity contribution in [2.75, 3.05) is 6.54 Å². The summed E-state index contributed by atoms with van der Waals surface area (Å²) in [5.74, 6) is 0.279. The summed E-state index contributed by atoms with van der Waals surface area (Å²) < 4.78 is 0. The highest BCUT2D eigenvalue weighted by Crippen LogP contribution is 2.46. The van der Waals surface area contributed by atoms with Gasteiger partial charge in [0.1, 0.15) is 5.54 Å². The van der Waals surface area contributed by atoms with Crippen molar-refractivity contribution in [3.05, 3.63) is 0 Å². The smallest absolute Gasteiger partial charge is 0.325 e. The molecule has 1 spiro atoms. The van der Waals surface area contributed by atoms with Gasteiger partial charge in [0.05, 0.1) is 12.1 Å². The molecule has 0 aromatic rings. The molecule has 2 N–H and O–H groups in total. The molecule has 2 atom stereocenters. The number of imide groups is 1. The van der Waals surface area contributed by atoms with Crippen molar-refractivity contribution in [2.45, 2.75) is 83.3 Å². The quantitative estimate of drug-likeness (QED) is 0.768. The van der Waals surface area contributed by atoms with Gasteiger partial charge in [0, 0.05) is 0 Å². The van der Waals surface area contributed by atoms with E-state index < -0.39 is 11.1 Å². The van der Waals surface area contributed by atoms with Gasteiger partial charge in [0.25, 0.3) is 5.91 Å². The Kier molecular flexibility index (Phi) is 3.98. The van der Waals surface area contributed by atoms with E-state index in [1.54, 1.807) is 0 Å². The Morgan fingerprint density at radius 2 is 1.83 bits per heavy atom. The number of carbonyl (C=O) groups excluding carboxylic acids is 2. The molecule has 5 heteroatoms. The van der Waals surface area contributed by atoms with Gasteiger partial charge in [-0.3, -0.25) is 9.69 Å². The topological polar surface area (TPSA) is 69.6 Å². The molecule has 1 heterocycles. The van der Waals surface area contributed by atoms with Gasteiger partial charge >= 0.3 is 6.03 Å². The Bertz CT molecular complexity index is 510. The molecule has 0 aromatic heterocycles. The average Bonchev–Trinajstić information content (AvgIpc) is 2.61. The summed E-state index contributed by atoms with van der Waals surface area (Å²) in [6, 6.07) is -0.320. The minimum Gasteiger partial charge on any atom is -0.388 e. The maximum Gasteiger partial charge on any atom is 0.325 e. The van der Waals surface area contributed by atoms with E-state index in [1.165, 1.54) is 4.90 Å². The molecule has 1 saturated heterocycles. The van der Waals surface area contributed by atoms with E-state index in [9.17, 15) is 14.7 Å². The first-order chi connectivity index (χ1) is 10.6.